The fourth-order valence-electron chi connectivity index (χ4n) is 1.28. The first kappa shape index (κ1) is 15.9. The molecule has 17 heavy (non-hydrogen) atoms. The minimum atomic E-state index is -1.37. The summed E-state index contributed by atoms with van der Waals surface area (Å²) in [6, 6.07) is -2.59. The van der Waals surface area contributed by atoms with Gasteiger partial charge in [0.2, 0.25) is 0 Å². The highest BCUT2D eigenvalue weighted by molar-refractivity contribution is 7.98. The Bertz CT molecular complexity index is 310. The van der Waals surface area contributed by atoms with Gasteiger partial charge in [-0.1, -0.05) is 0 Å². The summed E-state index contributed by atoms with van der Waals surface area (Å²) < 4.78 is 0. The molecular weight excluding hydrogens is 248 g/mol. The van der Waals surface area contributed by atoms with Crippen LogP contribution in [0.2, 0.25) is 0 Å². The number of carboxylic acids is 2. The number of thioether (sulfide) groups is 1. The second-order valence-electron chi connectivity index (χ2n) is 3.53. The Hall–Kier alpha value is -1.12. The summed E-state index contributed by atoms with van der Waals surface area (Å²) >= 11 is 1.25. The van der Waals surface area contributed by atoms with Crippen molar-refractivity contribution < 1.29 is 24.6 Å². The lowest BCUT2D eigenvalue weighted by Gasteiger charge is -2.21. The zero-order chi connectivity index (χ0) is 13.6. The fourth-order valence-corrected chi connectivity index (χ4v) is 2.01. The number of carbonyl (C=O) groups excluding carboxylic acids is 1. The van der Waals surface area contributed by atoms with Crippen LogP contribution in [-0.2, 0) is 14.4 Å². The first-order valence-corrected chi connectivity index (χ1v) is 6.19. The summed E-state index contributed by atoms with van der Waals surface area (Å²) in [5, 5.41) is 17.3. The third kappa shape index (κ3) is 5.16. The minimum absolute atomic E-state index is 0.194. The van der Waals surface area contributed by atoms with Gasteiger partial charge >= 0.3 is 11.9 Å². The lowest BCUT2D eigenvalue weighted by Crippen LogP contribution is -2.49. The number of ketones is 1. The molecular formula is C9H16N2O5S. The molecule has 0 spiro atoms. The summed E-state index contributed by atoms with van der Waals surface area (Å²) in [6.07, 6.45) is 1.16. The van der Waals surface area contributed by atoms with E-state index in [1.54, 1.807) is 6.26 Å². The van der Waals surface area contributed by atoms with Gasteiger partial charge in [-0.05, 0) is 6.26 Å². The van der Waals surface area contributed by atoms with Crippen molar-refractivity contribution in [3.8, 4) is 0 Å². The third-order valence-corrected chi connectivity index (χ3v) is 2.88. The first-order chi connectivity index (χ1) is 7.81. The molecule has 0 aliphatic carbocycles. The lowest BCUT2D eigenvalue weighted by molar-refractivity contribution is -0.143. The minimum Gasteiger partial charge on any atom is -0.481 e. The molecule has 0 aromatic heterocycles. The molecule has 0 bridgehead atoms. The molecule has 0 heterocycles. The molecule has 8 heteroatoms. The van der Waals surface area contributed by atoms with Gasteiger partial charge in [-0.25, -0.2) is 0 Å². The fraction of sp³-hybridized carbons (Fsp3) is 0.667. The van der Waals surface area contributed by atoms with Crippen molar-refractivity contribution in [1.82, 2.24) is 0 Å². The van der Waals surface area contributed by atoms with E-state index in [-0.39, 0.29) is 5.75 Å². The smallest absolute Gasteiger partial charge is 0.321 e. The van der Waals surface area contributed by atoms with E-state index in [2.05, 4.69) is 0 Å². The van der Waals surface area contributed by atoms with Crippen molar-refractivity contribution in [1.29, 1.82) is 0 Å². The average molecular weight is 264 g/mol. The number of hydrogen-bond acceptors (Lipinski definition) is 6. The highest BCUT2D eigenvalue weighted by atomic mass is 32.2. The number of nitrogens with two attached hydrogens (primary N) is 2. The molecule has 0 saturated carbocycles. The van der Waals surface area contributed by atoms with E-state index in [1.165, 1.54) is 11.8 Å². The maximum atomic E-state index is 11.8. The second-order valence-corrected chi connectivity index (χ2v) is 4.44. The van der Waals surface area contributed by atoms with Gasteiger partial charge in [-0.15, -0.1) is 0 Å². The van der Waals surface area contributed by atoms with Gasteiger partial charge in [0.05, 0.1) is 18.4 Å². The number of carboxylic acid groups (broad SMARTS) is 2. The van der Waals surface area contributed by atoms with Gasteiger partial charge in [0.25, 0.3) is 0 Å². The molecule has 0 radical (unpaired) electrons. The zero-order valence-corrected chi connectivity index (χ0v) is 10.1. The van der Waals surface area contributed by atoms with Crippen LogP contribution in [0, 0.1) is 5.92 Å². The van der Waals surface area contributed by atoms with Gasteiger partial charge < -0.3 is 21.7 Å². The van der Waals surface area contributed by atoms with Crippen molar-refractivity contribution in [3.05, 3.63) is 0 Å². The molecule has 2 unspecified atom stereocenters. The molecule has 7 nitrogen and oxygen atoms in total. The highest BCUT2D eigenvalue weighted by Crippen LogP contribution is 2.13. The van der Waals surface area contributed by atoms with Crippen LogP contribution in [0.5, 0.6) is 0 Å². The molecule has 3 atom stereocenters. The van der Waals surface area contributed by atoms with Crippen molar-refractivity contribution >= 4 is 29.5 Å². The Morgan fingerprint density at radius 3 is 2.12 bits per heavy atom. The van der Waals surface area contributed by atoms with Gasteiger partial charge in [0, 0.05) is 5.75 Å². The van der Waals surface area contributed by atoms with E-state index in [0.717, 1.165) is 0 Å². The van der Waals surface area contributed by atoms with Gasteiger partial charge in [0.1, 0.15) is 6.04 Å². The summed E-state index contributed by atoms with van der Waals surface area (Å²) in [5.41, 5.74) is 10.8. The Balaban J connectivity index is 4.75. The summed E-state index contributed by atoms with van der Waals surface area (Å²) in [6.45, 7) is 0. The van der Waals surface area contributed by atoms with Crippen LogP contribution in [-0.4, -0.2) is 52.0 Å². The molecule has 0 aliphatic rings. The molecule has 6 N–H and O–H groups in total. The van der Waals surface area contributed by atoms with Crippen LogP contribution in [0.15, 0.2) is 0 Å². The van der Waals surface area contributed by atoms with Crippen LogP contribution >= 0.6 is 11.8 Å². The van der Waals surface area contributed by atoms with Gasteiger partial charge in [-0.2, -0.15) is 11.8 Å². The van der Waals surface area contributed by atoms with Gasteiger partial charge in [0.15, 0.2) is 5.78 Å². The molecule has 98 valence electrons. The summed E-state index contributed by atoms with van der Waals surface area (Å²) in [5.74, 6) is -3.93. The molecule has 0 saturated heterocycles. The normalized spacial score (nSPS) is 15.9. The van der Waals surface area contributed by atoms with E-state index in [1.807, 2.05) is 0 Å². The Kier molecular flexibility index (Phi) is 6.78. The monoisotopic (exact) mass is 264 g/mol. The summed E-state index contributed by atoms with van der Waals surface area (Å²) in [4.78, 5) is 32.9. The number of aliphatic carboxylic acids is 2. The highest BCUT2D eigenvalue weighted by Gasteiger charge is 2.33. The summed E-state index contributed by atoms with van der Waals surface area (Å²) in [7, 11) is 0. The lowest BCUT2D eigenvalue weighted by atomic mass is 9.92. The van der Waals surface area contributed by atoms with E-state index < -0.39 is 42.1 Å². The SMILES string of the molecule is CSCC(C(=O)C(N)CC(=O)O)[C@H](N)C(=O)O. The number of rotatable bonds is 8. The molecule has 0 aromatic rings. The average Bonchev–Trinajstić information content (AvgIpc) is 2.22. The second kappa shape index (κ2) is 7.25. The Labute approximate surface area is 103 Å². The predicted molar refractivity (Wildman–Crippen MR) is 62.7 cm³/mol. The van der Waals surface area contributed by atoms with Crippen molar-refractivity contribution in [2.24, 2.45) is 17.4 Å². The zero-order valence-electron chi connectivity index (χ0n) is 9.33. The Morgan fingerprint density at radius 2 is 1.76 bits per heavy atom. The number of hydrogen-bond donors (Lipinski definition) is 4. The van der Waals surface area contributed by atoms with Crippen molar-refractivity contribution in [3.63, 3.8) is 0 Å². The molecule has 0 amide bonds. The first-order valence-electron chi connectivity index (χ1n) is 4.79. The Morgan fingerprint density at radius 1 is 1.24 bits per heavy atom. The van der Waals surface area contributed by atoms with E-state index in [0.29, 0.717) is 0 Å². The standard InChI is InChI=1S/C9H16N2O5S/c1-17-3-4(7(11)9(15)16)8(14)5(10)2-6(12)13/h4-5,7H,2-3,10-11H2,1H3,(H,12,13)(H,15,16)/t4?,5?,7-/m0/s1. The van der Waals surface area contributed by atoms with Crippen LogP contribution < -0.4 is 11.5 Å². The van der Waals surface area contributed by atoms with E-state index in [9.17, 15) is 14.4 Å². The van der Waals surface area contributed by atoms with Crippen molar-refractivity contribution in [2.75, 3.05) is 12.0 Å². The topological polar surface area (TPSA) is 144 Å². The molecule has 0 aromatic carbocycles. The van der Waals surface area contributed by atoms with Crippen LogP contribution in [0.4, 0.5) is 0 Å². The van der Waals surface area contributed by atoms with E-state index >= 15 is 0 Å². The largest absolute Gasteiger partial charge is 0.481 e. The molecule has 0 fully saturated rings. The maximum absolute atomic E-state index is 11.8. The quantitative estimate of drug-likeness (QED) is 0.425. The number of carbonyl (C=O) groups is 3. The maximum Gasteiger partial charge on any atom is 0.321 e. The molecule has 0 aliphatic heterocycles. The van der Waals surface area contributed by atoms with E-state index in [4.69, 9.17) is 21.7 Å². The molecule has 0 rings (SSSR count). The van der Waals surface area contributed by atoms with Crippen LogP contribution in [0.3, 0.4) is 0 Å². The van der Waals surface area contributed by atoms with Gasteiger partial charge in [-0.3, -0.25) is 14.4 Å². The van der Waals surface area contributed by atoms with Crippen LogP contribution in [0.1, 0.15) is 6.42 Å². The number of Topliss-reactive ketones (excluding diaryl/α,β-unsaturated/α-hetero) is 1. The van der Waals surface area contributed by atoms with Crippen molar-refractivity contribution in [2.45, 2.75) is 18.5 Å². The predicted octanol–water partition coefficient (Wildman–Crippen LogP) is -1.25. The van der Waals surface area contributed by atoms with Crippen LogP contribution in [0.25, 0.3) is 0 Å². The third-order valence-electron chi connectivity index (χ3n) is 2.19.